The van der Waals surface area contributed by atoms with Gasteiger partial charge in [0.15, 0.2) is 0 Å². The van der Waals surface area contributed by atoms with Crippen LogP contribution in [-0.2, 0) is 29.0 Å². The van der Waals surface area contributed by atoms with Crippen molar-refractivity contribution in [3.8, 4) is 6.07 Å². The van der Waals surface area contributed by atoms with Crippen LogP contribution in [0, 0.1) is 11.3 Å². The molecule has 0 fully saturated rings. The molecule has 0 atom stereocenters. The van der Waals surface area contributed by atoms with Gasteiger partial charge in [-0.2, -0.15) is 5.26 Å². The van der Waals surface area contributed by atoms with Crippen molar-refractivity contribution in [2.75, 3.05) is 7.11 Å². The third kappa shape index (κ3) is 3.05. The molecule has 1 N–H and O–H groups in total. The van der Waals surface area contributed by atoms with Gasteiger partial charge in [0, 0.05) is 0 Å². The van der Waals surface area contributed by atoms with Gasteiger partial charge in [-0.1, -0.05) is 13.0 Å². The van der Waals surface area contributed by atoms with Gasteiger partial charge in [-0.3, -0.25) is 4.79 Å². The van der Waals surface area contributed by atoms with E-state index in [1.54, 1.807) is 12.1 Å². The minimum Gasteiger partial charge on any atom is -0.469 e. The van der Waals surface area contributed by atoms with E-state index < -0.39 is 0 Å². The van der Waals surface area contributed by atoms with Crippen molar-refractivity contribution >= 4 is 5.97 Å². The number of rotatable bonds is 4. The summed E-state index contributed by atoms with van der Waals surface area (Å²) in [5.74, 6) is -0.355. The van der Waals surface area contributed by atoms with E-state index in [0.717, 1.165) is 11.1 Å². The molecule has 17 heavy (non-hydrogen) atoms. The second-order valence-electron chi connectivity index (χ2n) is 3.65. The monoisotopic (exact) mass is 233 g/mol. The number of ether oxygens (including phenoxy) is 1. The average Bonchev–Trinajstić information content (AvgIpc) is 2.37. The lowest BCUT2D eigenvalue weighted by Gasteiger charge is -2.10. The number of carbonyl (C=O) groups excluding carboxylic acids is 1. The first-order valence-corrected chi connectivity index (χ1v) is 5.38. The normalized spacial score (nSPS) is 9.76. The fourth-order valence-corrected chi connectivity index (χ4v) is 1.68. The Kier molecular flexibility index (Phi) is 4.68. The van der Waals surface area contributed by atoms with E-state index in [-0.39, 0.29) is 19.0 Å². The standard InChI is InChI=1S/C13H15NO3/c1-3-9-4-10(6-13(16)17-2)12(8-15)5-11(9)7-14/h4-5,15H,3,6,8H2,1-2H3. The molecule has 1 rings (SSSR count). The van der Waals surface area contributed by atoms with Crippen molar-refractivity contribution in [1.82, 2.24) is 0 Å². The molecule has 0 aromatic heterocycles. The van der Waals surface area contributed by atoms with Gasteiger partial charge in [-0.05, 0) is 29.2 Å². The third-order valence-corrected chi connectivity index (χ3v) is 2.66. The van der Waals surface area contributed by atoms with Crippen molar-refractivity contribution in [2.24, 2.45) is 0 Å². The minimum atomic E-state index is -0.355. The summed E-state index contributed by atoms with van der Waals surface area (Å²) in [7, 11) is 1.32. The van der Waals surface area contributed by atoms with Crippen molar-refractivity contribution in [2.45, 2.75) is 26.4 Å². The average molecular weight is 233 g/mol. The predicted molar refractivity (Wildman–Crippen MR) is 62.2 cm³/mol. The molecule has 0 bridgehead atoms. The third-order valence-electron chi connectivity index (χ3n) is 2.66. The number of benzene rings is 1. The second-order valence-corrected chi connectivity index (χ2v) is 3.65. The SMILES string of the molecule is CCc1cc(CC(=O)OC)c(CO)cc1C#N. The van der Waals surface area contributed by atoms with Crippen LogP contribution in [-0.4, -0.2) is 18.2 Å². The van der Waals surface area contributed by atoms with Crippen LogP contribution >= 0.6 is 0 Å². The summed E-state index contributed by atoms with van der Waals surface area (Å²) < 4.78 is 4.60. The van der Waals surface area contributed by atoms with Crippen LogP contribution in [0.2, 0.25) is 0 Å². The molecule has 0 amide bonds. The van der Waals surface area contributed by atoms with Gasteiger partial charge < -0.3 is 9.84 Å². The zero-order chi connectivity index (χ0) is 12.8. The fourth-order valence-electron chi connectivity index (χ4n) is 1.68. The van der Waals surface area contributed by atoms with Crippen LogP contribution < -0.4 is 0 Å². The first-order chi connectivity index (χ1) is 8.15. The van der Waals surface area contributed by atoms with Crippen molar-refractivity contribution in [1.29, 1.82) is 5.26 Å². The molecule has 1 aromatic carbocycles. The van der Waals surface area contributed by atoms with Crippen LogP contribution in [0.4, 0.5) is 0 Å². The minimum absolute atomic E-state index is 0.116. The summed E-state index contributed by atoms with van der Waals surface area (Å²) in [6.07, 6.45) is 0.827. The Morgan fingerprint density at radius 1 is 1.41 bits per heavy atom. The maximum Gasteiger partial charge on any atom is 0.309 e. The second kappa shape index (κ2) is 6.02. The van der Waals surface area contributed by atoms with Crippen LogP contribution in [0.5, 0.6) is 0 Å². The number of methoxy groups -OCH3 is 1. The highest BCUT2D eigenvalue weighted by Gasteiger charge is 2.11. The first-order valence-electron chi connectivity index (χ1n) is 5.38. The topological polar surface area (TPSA) is 70.3 Å². The van der Waals surface area contributed by atoms with Gasteiger partial charge in [-0.15, -0.1) is 0 Å². The highest BCUT2D eigenvalue weighted by Crippen LogP contribution is 2.18. The zero-order valence-corrected chi connectivity index (χ0v) is 9.99. The Morgan fingerprint density at radius 2 is 2.12 bits per heavy atom. The molecule has 0 unspecified atom stereocenters. The lowest BCUT2D eigenvalue weighted by Crippen LogP contribution is -2.08. The molecule has 4 nitrogen and oxygen atoms in total. The van der Waals surface area contributed by atoms with Crippen LogP contribution in [0.3, 0.4) is 0 Å². The summed E-state index contributed by atoms with van der Waals surface area (Å²) in [5.41, 5.74) is 2.74. The molecular formula is C13H15NO3. The lowest BCUT2D eigenvalue weighted by molar-refractivity contribution is -0.139. The number of aryl methyl sites for hydroxylation is 1. The smallest absolute Gasteiger partial charge is 0.309 e. The number of nitrogens with zero attached hydrogens (tertiary/aromatic N) is 1. The lowest BCUT2D eigenvalue weighted by atomic mass is 9.96. The first kappa shape index (κ1) is 13.2. The summed E-state index contributed by atoms with van der Waals surface area (Å²) in [6.45, 7) is 1.75. The van der Waals surface area contributed by atoms with E-state index in [4.69, 9.17) is 5.26 Å². The zero-order valence-electron chi connectivity index (χ0n) is 9.99. The molecule has 0 aliphatic carbocycles. The van der Waals surface area contributed by atoms with E-state index >= 15 is 0 Å². The molecule has 0 saturated heterocycles. The van der Waals surface area contributed by atoms with E-state index in [9.17, 15) is 9.90 Å². The number of hydrogen-bond donors (Lipinski definition) is 1. The van der Waals surface area contributed by atoms with Crippen LogP contribution in [0.1, 0.15) is 29.2 Å². The molecule has 0 aliphatic rings. The molecular weight excluding hydrogens is 218 g/mol. The highest BCUT2D eigenvalue weighted by molar-refractivity contribution is 5.73. The number of hydrogen-bond acceptors (Lipinski definition) is 4. The van der Waals surface area contributed by atoms with Gasteiger partial charge in [-0.25, -0.2) is 0 Å². The molecule has 4 heteroatoms. The molecule has 90 valence electrons. The molecule has 1 aromatic rings. The van der Waals surface area contributed by atoms with Crippen molar-refractivity contribution in [3.63, 3.8) is 0 Å². The molecule has 0 radical (unpaired) electrons. The van der Waals surface area contributed by atoms with Crippen molar-refractivity contribution < 1.29 is 14.6 Å². The number of nitriles is 1. The number of esters is 1. The van der Waals surface area contributed by atoms with Crippen LogP contribution in [0.25, 0.3) is 0 Å². The predicted octanol–water partition coefficient (Wildman–Crippen LogP) is 1.33. The molecule has 0 aliphatic heterocycles. The molecule has 0 heterocycles. The number of aliphatic hydroxyl groups is 1. The Bertz CT molecular complexity index is 460. The van der Waals surface area contributed by atoms with E-state index in [0.29, 0.717) is 17.5 Å². The Labute approximate surface area is 100 Å². The van der Waals surface area contributed by atoms with E-state index in [1.807, 2.05) is 6.92 Å². The highest BCUT2D eigenvalue weighted by atomic mass is 16.5. The quantitative estimate of drug-likeness (QED) is 0.796. The number of carbonyl (C=O) groups is 1. The summed E-state index contributed by atoms with van der Waals surface area (Å²) in [4.78, 5) is 11.2. The summed E-state index contributed by atoms with van der Waals surface area (Å²) in [6, 6.07) is 5.52. The largest absolute Gasteiger partial charge is 0.469 e. The van der Waals surface area contributed by atoms with Gasteiger partial charge in [0.1, 0.15) is 0 Å². The Morgan fingerprint density at radius 3 is 2.59 bits per heavy atom. The maximum atomic E-state index is 11.2. The maximum absolute atomic E-state index is 11.2. The van der Waals surface area contributed by atoms with Crippen LogP contribution in [0.15, 0.2) is 12.1 Å². The van der Waals surface area contributed by atoms with Gasteiger partial charge in [0.05, 0.1) is 31.8 Å². The fraction of sp³-hybridized carbons (Fsp3) is 0.385. The van der Waals surface area contributed by atoms with Gasteiger partial charge in [0.25, 0.3) is 0 Å². The summed E-state index contributed by atoms with van der Waals surface area (Å²) >= 11 is 0. The van der Waals surface area contributed by atoms with E-state index in [1.165, 1.54) is 7.11 Å². The Hall–Kier alpha value is -1.86. The number of aliphatic hydroxyl groups excluding tert-OH is 1. The van der Waals surface area contributed by atoms with Crippen molar-refractivity contribution in [3.05, 3.63) is 34.4 Å². The molecule has 0 saturated carbocycles. The van der Waals surface area contributed by atoms with E-state index in [2.05, 4.69) is 10.8 Å². The summed E-state index contributed by atoms with van der Waals surface area (Å²) in [5, 5.41) is 18.2. The molecule has 0 spiro atoms. The Balaban J connectivity index is 3.20. The van der Waals surface area contributed by atoms with Gasteiger partial charge >= 0.3 is 5.97 Å². The van der Waals surface area contributed by atoms with Gasteiger partial charge in [0.2, 0.25) is 0 Å².